The van der Waals surface area contributed by atoms with Crippen LogP contribution in [0.2, 0.25) is 5.02 Å². The summed E-state index contributed by atoms with van der Waals surface area (Å²) in [6.07, 6.45) is 4.22. The zero-order valence-electron chi connectivity index (χ0n) is 19.4. The number of para-hydroxylation sites is 1. The molecule has 0 unspecified atom stereocenters. The molecule has 5 aromatic rings. The number of aromatic nitrogens is 5. The van der Waals surface area contributed by atoms with Gasteiger partial charge in [-0.25, -0.2) is 13.8 Å². The highest BCUT2D eigenvalue weighted by atomic mass is 35.5. The second-order valence-corrected chi connectivity index (χ2v) is 8.68. The molecule has 0 bridgehead atoms. The summed E-state index contributed by atoms with van der Waals surface area (Å²) < 4.78 is 18.2. The Labute approximate surface area is 210 Å². The largest absolute Gasteiger partial charge is 0.325 e. The van der Waals surface area contributed by atoms with E-state index in [1.807, 2.05) is 66.3 Å². The third-order valence-corrected chi connectivity index (χ3v) is 6.06. The van der Waals surface area contributed by atoms with Crippen molar-refractivity contribution in [2.45, 2.75) is 26.3 Å². The van der Waals surface area contributed by atoms with Crippen LogP contribution in [0.15, 0.2) is 77.9 Å². The minimum Gasteiger partial charge on any atom is -0.325 e. The van der Waals surface area contributed by atoms with Gasteiger partial charge in [0.1, 0.15) is 16.7 Å². The molecule has 10 heteroatoms. The first-order valence-corrected chi connectivity index (χ1v) is 11.7. The van der Waals surface area contributed by atoms with Crippen LogP contribution in [-0.4, -0.2) is 30.0 Å². The standard InChI is InChI=1S/C26H22ClFN6O2/c1-17-24-23(25(32-13-5-6-14-32)34(31-24)19-8-3-2-4-9-19)26(36)33(30-17)15-7-10-22(35)29-21-12-11-18(28)16-20(21)27/h2-6,8-9,11-14,16H,7,10,15H2,1H3,(H,29,35). The molecule has 182 valence electrons. The molecule has 8 nitrogen and oxygen atoms in total. The highest BCUT2D eigenvalue weighted by Gasteiger charge is 2.21. The van der Waals surface area contributed by atoms with E-state index in [9.17, 15) is 14.0 Å². The number of rotatable bonds is 7. The molecular weight excluding hydrogens is 483 g/mol. The van der Waals surface area contributed by atoms with Gasteiger partial charge >= 0.3 is 0 Å². The average molecular weight is 505 g/mol. The lowest BCUT2D eigenvalue weighted by Gasteiger charge is -2.10. The molecule has 0 saturated heterocycles. The lowest BCUT2D eigenvalue weighted by Crippen LogP contribution is -2.25. The maximum Gasteiger partial charge on any atom is 0.280 e. The van der Waals surface area contributed by atoms with Gasteiger partial charge in [0, 0.05) is 25.4 Å². The number of amides is 1. The molecule has 0 atom stereocenters. The second kappa shape index (κ2) is 9.79. The summed E-state index contributed by atoms with van der Waals surface area (Å²) in [5.41, 5.74) is 1.99. The van der Waals surface area contributed by atoms with Gasteiger partial charge in [-0.3, -0.25) is 9.59 Å². The van der Waals surface area contributed by atoms with E-state index >= 15 is 0 Å². The van der Waals surface area contributed by atoms with Crippen LogP contribution in [0.5, 0.6) is 0 Å². The Morgan fingerprint density at radius 3 is 2.53 bits per heavy atom. The quantitative estimate of drug-likeness (QED) is 0.342. The van der Waals surface area contributed by atoms with E-state index in [0.29, 0.717) is 34.5 Å². The fourth-order valence-electron chi connectivity index (χ4n) is 4.07. The van der Waals surface area contributed by atoms with Gasteiger partial charge in [-0.2, -0.15) is 10.2 Å². The van der Waals surface area contributed by atoms with Gasteiger partial charge in [0.05, 0.1) is 22.1 Å². The third-order valence-electron chi connectivity index (χ3n) is 5.75. The number of aryl methyl sites for hydroxylation is 2. The molecule has 0 spiro atoms. The Morgan fingerprint density at radius 2 is 1.81 bits per heavy atom. The third kappa shape index (κ3) is 4.52. The van der Waals surface area contributed by atoms with Crippen molar-refractivity contribution in [3.05, 3.63) is 99.9 Å². The predicted octanol–water partition coefficient (Wildman–Crippen LogP) is 4.89. The van der Waals surface area contributed by atoms with E-state index < -0.39 is 5.82 Å². The Kier molecular flexibility index (Phi) is 6.39. The Bertz CT molecular complexity index is 1610. The van der Waals surface area contributed by atoms with Crippen LogP contribution in [0.4, 0.5) is 10.1 Å². The summed E-state index contributed by atoms with van der Waals surface area (Å²) in [7, 11) is 0. The number of benzene rings is 2. The molecule has 0 aliphatic rings. The monoisotopic (exact) mass is 504 g/mol. The number of carbonyl (C=O) groups excluding carboxylic acids is 1. The van der Waals surface area contributed by atoms with Crippen LogP contribution in [0.3, 0.4) is 0 Å². The molecule has 0 fully saturated rings. The highest BCUT2D eigenvalue weighted by molar-refractivity contribution is 6.33. The van der Waals surface area contributed by atoms with Gasteiger partial charge in [0.25, 0.3) is 5.56 Å². The lowest BCUT2D eigenvalue weighted by molar-refractivity contribution is -0.116. The normalized spacial score (nSPS) is 11.2. The molecule has 0 radical (unpaired) electrons. The molecule has 1 N–H and O–H groups in total. The van der Waals surface area contributed by atoms with Crippen LogP contribution in [0, 0.1) is 12.7 Å². The molecule has 5 rings (SSSR count). The van der Waals surface area contributed by atoms with Crippen molar-refractivity contribution in [3.63, 3.8) is 0 Å². The van der Waals surface area contributed by atoms with E-state index in [1.54, 1.807) is 4.68 Å². The van der Waals surface area contributed by atoms with Crippen molar-refractivity contribution in [1.82, 2.24) is 24.1 Å². The predicted molar refractivity (Wildman–Crippen MR) is 136 cm³/mol. The van der Waals surface area contributed by atoms with E-state index in [2.05, 4.69) is 10.4 Å². The van der Waals surface area contributed by atoms with Gasteiger partial charge < -0.3 is 9.88 Å². The van der Waals surface area contributed by atoms with Gasteiger partial charge in [-0.15, -0.1) is 0 Å². The van der Waals surface area contributed by atoms with Crippen LogP contribution < -0.4 is 10.9 Å². The van der Waals surface area contributed by atoms with Crippen molar-refractivity contribution in [3.8, 4) is 11.5 Å². The minimum absolute atomic E-state index is 0.121. The van der Waals surface area contributed by atoms with E-state index in [0.717, 1.165) is 11.8 Å². The number of nitrogens with zero attached hydrogens (tertiary/aromatic N) is 5. The van der Waals surface area contributed by atoms with E-state index in [1.165, 1.54) is 16.8 Å². The first kappa shape index (κ1) is 23.5. The van der Waals surface area contributed by atoms with Crippen molar-refractivity contribution >= 4 is 34.1 Å². The summed E-state index contributed by atoms with van der Waals surface area (Å²) >= 11 is 5.98. The Balaban J connectivity index is 1.44. The summed E-state index contributed by atoms with van der Waals surface area (Å²) in [6.45, 7) is 2.05. The Morgan fingerprint density at radius 1 is 1.06 bits per heavy atom. The average Bonchev–Trinajstić information content (AvgIpc) is 3.53. The van der Waals surface area contributed by atoms with Gasteiger partial charge in [-0.05, 0) is 55.8 Å². The second-order valence-electron chi connectivity index (χ2n) is 8.27. The first-order chi connectivity index (χ1) is 17.4. The van der Waals surface area contributed by atoms with Crippen molar-refractivity contribution in [1.29, 1.82) is 0 Å². The molecule has 0 aliphatic carbocycles. The zero-order valence-corrected chi connectivity index (χ0v) is 20.1. The number of halogens is 2. The topological polar surface area (TPSA) is 86.7 Å². The fourth-order valence-corrected chi connectivity index (χ4v) is 4.28. The summed E-state index contributed by atoms with van der Waals surface area (Å²) in [6, 6.07) is 17.1. The molecule has 3 heterocycles. The number of fused-ring (bicyclic) bond motifs is 1. The lowest BCUT2D eigenvalue weighted by atomic mass is 10.2. The van der Waals surface area contributed by atoms with Crippen LogP contribution in [0.25, 0.3) is 22.4 Å². The summed E-state index contributed by atoms with van der Waals surface area (Å²) in [5.74, 6) is -0.155. The summed E-state index contributed by atoms with van der Waals surface area (Å²) in [4.78, 5) is 26.0. The molecule has 1 amide bonds. The number of carbonyl (C=O) groups is 1. The van der Waals surface area contributed by atoms with Crippen molar-refractivity contribution in [2.75, 3.05) is 5.32 Å². The fraction of sp³-hybridized carbons (Fsp3) is 0.154. The molecule has 0 saturated carbocycles. The number of nitrogens with one attached hydrogen (secondary N) is 1. The van der Waals surface area contributed by atoms with Crippen molar-refractivity contribution in [2.24, 2.45) is 0 Å². The number of hydrogen-bond acceptors (Lipinski definition) is 4. The number of hydrogen-bond donors (Lipinski definition) is 1. The van der Waals surface area contributed by atoms with Crippen molar-refractivity contribution < 1.29 is 9.18 Å². The Hall–Kier alpha value is -4.24. The maximum atomic E-state index is 13.6. The highest BCUT2D eigenvalue weighted by Crippen LogP contribution is 2.25. The van der Waals surface area contributed by atoms with Gasteiger partial charge in [0.2, 0.25) is 5.91 Å². The molecule has 0 aliphatic heterocycles. The van der Waals surface area contributed by atoms with Crippen LogP contribution in [0.1, 0.15) is 18.5 Å². The smallest absolute Gasteiger partial charge is 0.280 e. The maximum absolute atomic E-state index is 13.6. The molecule has 2 aromatic carbocycles. The van der Waals surface area contributed by atoms with E-state index in [-0.39, 0.29) is 29.5 Å². The van der Waals surface area contributed by atoms with Crippen LogP contribution in [-0.2, 0) is 11.3 Å². The molecule has 3 aromatic heterocycles. The minimum atomic E-state index is -0.482. The SMILES string of the molecule is Cc1nn(CCCC(=O)Nc2ccc(F)cc2Cl)c(=O)c2c(-n3cccc3)n(-c3ccccc3)nc12. The zero-order chi connectivity index (χ0) is 25.2. The van der Waals surface area contributed by atoms with Gasteiger partial charge in [-0.1, -0.05) is 29.8 Å². The first-order valence-electron chi connectivity index (χ1n) is 11.4. The van der Waals surface area contributed by atoms with Gasteiger partial charge in [0.15, 0.2) is 5.82 Å². The van der Waals surface area contributed by atoms with Crippen LogP contribution >= 0.6 is 11.6 Å². The molecule has 36 heavy (non-hydrogen) atoms. The van der Waals surface area contributed by atoms with E-state index in [4.69, 9.17) is 16.7 Å². The summed E-state index contributed by atoms with van der Waals surface area (Å²) in [5, 5.41) is 12.4. The molecular formula is C26H22ClFN6O2. The number of anilines is 1.